The van der Waals surface area contributed by atoms with Crippen LogP contribution in [0, 0.1) is 0 Å². The second-order valence-corrected chi connectivity index (χ2v) is 3.60. The summed E-state index contributed by atoms with van der Waals surface area (Å²) in [4.78, 5) is 4.16. The molecule has 0 unspecified atom stereocenters. The van der Waals surface area contributed by atoms with Gasteiger partial charge in [0.25, 0.3) is 0 Å². The van der Waals surface area contributed by atoms with Gasteiger partial charge in [-0.3, -0.25) is 4.40 Å². The van der Waals surface area contributed by atoms with Gasteiger partial charge in [-0.15, -0.1) is 0 Å². The van der Waals surface area contributed by atoms with Gasteiger partial charge < -0.3 is 4.42 Å². The lowest BCUT2D eigenvalue weighted by Gasteiger charge is -1.85. The molecule has 3 nitrogen and oxygen atoms in total. The summed E-state index contributed by atoms with van der Waals surface area (Å²) in [5.74, 6) is 0.619. The molecule has 0 aliphatic carbocycles. The number of rotatable bonds is 0. The lowest BCUT2D eigenvalue weighted by atomic mass is 10.3. The molecule has 0 aliphatic heterocycles. The summed E-state index contributed by atoms with van der Waals surface area (Å²) in [5, 5.41) is 0. The summed E-state index contributed by atoms with van der Waals surface area (Å²) in [6.07, 6.45) is 1.89. The average Bonchev–Trinajstić information content (AvgIpc) is 2.60. The lowest BCUT2D eigenvalue weighted by molar-refractivity contribution is 0.641. The van der Waals surface area contributed by atoms with Crippen molar-refractivity contribution >= 4 is 32.9 Å². The Balaban J connectivity index is 2.60. The fraction of sp³-hybridized carbons (Fsp3) is 0. The van der Waals surface area contributed by atoms with Gasteiger partial charge in [-0.1, -0.05) is 12.1 Å². The van der Waals surface area contributed by atoms with Crippen LogP contribution < -0.4 is 0 Å². The fourth-order valence-electron chi connectivity index (χ4n) is 1.42. The highest BCUT2D eigenvalue weighted by Gasteiger charge is 2.07. The van der Waals surface area contributed by atoms with Gasteiger partial charge in [0.2, 0.25) is 0 Å². The predicted octanol–water partition coefficient (Wildman–Crippen LogP) is 2.84. The van der Waals surface area contributed by atoms with Crippen molar-refractivity contribution in [2.45, 2.75) is 0 Å². The Kier molecular flexibility index (Phi) is 1.29. The van der Waals surface area contributed by atoms with Crippen LogP contribution in [0.3, 0.4) is 0 Å². The van der Waals surface area contributed by atoms with Gasteiger partial charge in [-0.05, 0) is 28.1 Å². The first-order chi connectivity index (χ1) is 6.34. The molecule has 1 aromatic carbocycles. The van der Waals surface area contributed by atoms with Gasteiger partial charge >= 0.3 is 5.84 Å². The monoisotopic (exact) mass is 236 g/mol. The standard InChI is InChI=1S/C9H5BrN2O/c10-8-5-12-6-3-1-2-4-7(6)13-9(12)11-8/h1-5H. The first-order valence-electron chi connectivity index (χ1n) is 3.87. The molecule has 0 atom stereocenters. The zero-order valence-electron chi connectivity index (χ0n) is 6.57. The summed E-state index contributed by atoms with van der Waals surface area (Å²) in [6.45, 7) is 0. The molecule has 2 aromatic heterocycles. The van der Waals surface area contributed by atoms with Crippen molar-refractivity contribution in [1.29, 1.82) is 0 Å². The number of fused-ring (bicyclic) bond motifs is 3. The van der Waals surface area contributed by atoms with Gasteiger partial charge in [-0.25, -0.2) is 0 Å². The van der Waals surface area contributed by atoms with Crippen LogP contribution in [0.4, 0.5) is 0 Å². The number of imidazole rings is 1. The van der Waals surface area contributed by atoms with Crippen LogP contribution in [-0.2, 0) is 0 Å². The van der Waals surface area contributed by atoms with Crippen molar-refractivity contribution in [2.24, 2.45) is 0 Å². The van der Waals surface area contributed by atoms with Crippen LogP contribution in [0.25, 0.3) is 16.9 Å². The lowest BCUT2D eigenvalue weighted by Crippen LogP contribution is -1.74. The normalized spacial score (nSPS) is 11.5. The molecule has 0 aliphatic rings. The fourth-order valence-corrected chi connectivity index (χ4v) is 1.78. The number of benzene rings is 1. The molecule has 0 radical (unpaired) electrons. The highest BCUT2D eigenvalue weighted by Crippen LogP contribution is 2.21. The van der Waals surface area contributed by atoms with Crippen LogP contribution in [0.1, 0.15) is 0 Å². The zero-order valence-corrected chi connectivity index (χ0v) is 8.15. The molecule has 3 rings (SSSR count). The maximum atomic E-state index is 5.50. The van der Waals surface area contributed by atoms with Gasteiger partial charge in [0.1, 0.15) is 4.60 Å². The van der Waals surface area contributed by atoms with Crippen LogP contribution in [0.2, 0.25) is 0 Å². The summed E-state index contributed by atoms with van der Waals surface area (Å²) in [6, 6.07) is 7.85. The molecule has 64 valence electrons. The molecule has 0 bridgehead atoms. The molecular weight excluding hydrogens is 232 g/mol. The molecular formula is C9H5BrN2O. The number of nitrogens with zero attached hydrogens (tertiary/aromatic N) is 2. The Labute approximate surface area is 82.1 Å². The van der Waals surface area contributed by atoms with E-state index in [0.29, 0.717) is 5.84 Å². The van der Waals surface area contributed by atoms with Crippen LogP contribution in [0.15, 0.2) is 39.5 Å². The largest absolute Gasteiger partial charge is 0.423 e. The summed E-state index contributed by atoms with van der Waals surface area (Å²) < 4.78 is 8.20. The zero-order chi connectivity index (χ0) is 8.84. The van der Waals surface area contributed by atoms with Gasteiger partial charge in [0.15, 0.2) is 5.58 Å². The molecule has 0 saturated carbocycles. The number of aromatic nitrogens is 2. The molecule has 4 heteroatoms. The van der Waals surface area contributed by atoms with Crippen LogP contribution in [0.5, 0.6) is 0 Å². The minimum atomic E-state index is 0.619. The number of halogens is 1. The Morgan fingerprint density at radius 2 is 2.15 bits per heavy atom. The number of oxazole rings is 1. The highest BCUT2D eigenvalue weighted by atomic mass is 79.9. The van der Waals surface area contributed by atoms with E-state index in [1.165, 1.54) is 0 Å². The third kappa shape index (κ3) is 0.920. The molecule has 0 N–H and O–H groups in total. The van der Waals surface area contributed by atoms with E-state index in [1.807, 2.05) is 34.9 Å². The Bertz CT molecular complexity index is 581. The molecule has 2 heterocycles. The molecule has 3 aromatic rings. The summed E-state index contributed by atoms with van der Waals surface area (Å²) in [7, 11) is 0. The van der Waals surface area contributed by atoms with E-state index in [2.05, 4.69) is 20.9 Å². The van der Waals surface area contributed by atoms with Crippen LogP contribution >= 0.6 is 15.9 Å². The molecule has 0 amide bonds. The van der Waals surface area contributed by atoms with E-state index in [-0.39, 0.29) is 0 Å². The van der Waals surface area contributed by atoms with Crippen molar-refractivity contribution in [3.63, 3.8) is 0 Å². The van der Waals surface area contributed by atoms with E-state index in [1.54, 1.807) is 0 Å². The smallest absolute Gasteiger partial charge is 0.307 e. The Morgan fingerprint density at radius 3 is 3.08 bits per heavy atom. The quantitative estimate of drug-likeness (QED) is 0.601. The molecule has 0 saturated heterocycles. The van der Waals surface area contributed by atoms with E-state index in [0.717, 1.165) is 15.7 Å². The van der Waals surface area contributed by atoms with Gasteiger partial charge in [-0.2, -0.15) is 4.98 Å². The molecule has 0 fully saturated rings. The second-order valence-electron chi connectivity index (χ2n) is 2.79. The van der Waals surface area contributed by atoms with Crippen molar-refractivity contribution in [1.82, 2.24) is 9.38 Å². The Hall–Kier alpha value is -1.29. The van der Waals surface area contributed by atoms with Crippen molar-refractivity contribution in [3.8, 4) is 0 Å². The predicted molar refractivity (Wildman–Crippen MR) is 52.7 cm³/mol. The summed E-state index contributed by atoms with van der Waals surface area (Å²) in [5.41, 5.74) is 1.90. The minimum absolute atomic E-state index is 0.619. The van der Waals surface area contributed by atoms with Crippen LogP contribution in [-0.4, -0.2) is 9.38 Å². The Morgan fingerprint density at radius 1 is 1.31 bits per heavy atom. The molecule has 13 heavy (non-hydrogen) atoms. The second kappa shape index (κ2) is 2.35. The number of hydrogen-bond acceptors (Lipinski definition) is 2. The van der Waals surface area contributed by atoms with Crippen molar-refractivity contribution in [3.05, 3.63) is 35.1 Å². The third-order valence-corrected chi connectivity index (χ3v) is 2.35. The van der Waals surface area contributed by atoms with E-state index >= 15 is 0 Å². The number of para-hydroxylation sites is 2. The van der Waals surface area contributed by atoms with Gasteiger partial charge in [0.05, 0.1) is 5.52 Å². The van der Waals surface area contributed by atoms with E-state index in [4.69, 9.17) is 4.42 Å². The number of hydrogen-bond donors (Lipinski definition) is 0. The van der Waals surface area contributed by atoms with Crippen molar-refractivity contribution < 1.29 is 4.42 Å². The van der Waals surface area contributed by atoms with Crippen molar-refractivity contribution in [2.75, 3.05) is 0 Å². The van der Waals surface area contributed by atoms with E-state index in [9.17, 15) is 0 Å². The molecule has 0 spiro atoms. The first-order valence-corrected chi connectivity index (χ1v) is 4.66. The maximum absolute atomic E-state index is 5.50. The third-order valence-electron chi connectivity index (χ3n) is 1.97. The van der Waals surface area contributed by atoms with Gasteiger partial charge in [0, 0.05) is 6.20 Å². The van der Waals surface area contributed by atoms with E-state index < -0.39 is 0 Å². The first kappa shape index (κ1) is 7.15. The SMILES string of the molecule is Brc1cn2c(n1)oc1ccccc12. The highest BCUT2D eigenvalue weighted by molar-refractivity contribution is 9.10. The summed E-state index contributed by atoms with van der Waals surface area (Å²) >= 11 is 3.30. The minimum Gasteiger partial charge on any atom is -0.423 e. The average molecular weight is 237 g/mol. The maximum Gasteiger partial charge on any atom is 0.307 e. The topological polar surface area (TPSA) is 30.4 Å².